The van der Waals surface area contributed by atoms with E-state index in [2.05, 4.69) is 5.32 Å². The van der Waals surface area contributed by atoms with E-state index in [-0.39, 0.29) is 23.7 Å². The highest BCUT2D eigenvalue weighted by Gasteiger charge is 2.24. The molecule has 40 heavy (non-hydrogen) atoms. The molecule has 0 bridgehead atoms. The van der Waals surface area contributed by atoms with Crippen LogP contribution in [0.25, 0.3) is 12.2 Å². The van der Waals surface area contributed by atoms with E-state index in [4.69, 9.17) is 18.9 Å². The number of rotatable bonds is 12. The number of thioether (sulfide) groups is 1. The summed E-state index contributed by atoms with van der Waals surface area (Å²) in [5.74, 6) is 2.31. The number of carbonyl (C=O) groups excluding carboxylic acids is 3. The number of carbonyl (C=O) groups is 3. The molecule has 1 fully saturated rings. The van der Waals surface area contributed by atoms with E-state index in [0.29, 0.717) is 40.9 Å². The van der Waals surface area contributed by atoms with E-state index in [1.54, 1.807) is 24.3 Å². The molecule has 2 aliphatic heterocycles. The van der Waals surface area contributed by atoms with Crippen molar-refractivity contribution in [3.05, 3.63) is 94.4 Å². The first-order valence-electron chi connectivity index (χ1n) is 12.9. The number of ether oxygens (including phenoxy) is 4. The molecule has 2 amide bonds. The molecule has 8 nitrogen and oxygen atoms in total. The molecule has 9 heteroatoms. The summed E-state index contributed by atoms with van der Waals surface area (Å²) in [4.78, 5) is 35.9. The molecule has 0 radical (unpaired) electrons. The van der Waals surface area contributed by atoms with Crippen LogP contribution >= 0.6 is 11.8 Å². The average Bonchev–Trinajstić information content (AvgIpc) is 3.56. The second-order valence-electron chi connectivity index (χ2n) is 9.02. The molecule has 0 atom stereocenters. The monoisotopic (exact) mass is 557 g/mol. The fourth-order valence-corrected chi connectivity index (χ4v) is 4.70. The molecular formula is C31H27NO7S. The van der Waals surface area contributed by atoms with Crippen LogP contribution in [0, 0.1) is 0 Å². The van der Waals surface area contributed by atoms with Crippen LogP contribution in [0.4, 0.5) is 4.79 Å². The number of nitrogens with one attached hydrogen (secondary N) is 1. The Kier molecular flexibility index (Phi) is 8.83. The van der Waals surface area contributed by atoms with Gasteiger partial charge in [-0.15, -0.1) is 0 Å². The second kappa shape index (κ2) is 13.0. The van der Waals surface area contributed by atoms with Crippen molar-refractivity contribution in [2.24, 2.45) is 0 Å². The van der Waals surface area contributed by atoms with Gasteiger partial charge < -0.3 is 18.9 Å². The first-order chi connectivity index (χ1) is 19.5. The van der Waals surface area contributed by atoms with Crippen LogP contribution in [0.2, 0.25) is 0 Å². The lowest BCUT2D eigenvalue weighted by molar-refractivity contribution is -0.115. The lowest BCUT2D eigenvalue weighted by atomic mass is 10.1. The third kappa shape index (κ3) is 7.33. The zero-order chi connectivity index (χ0) is 27.7. The molecule has 0 saturated carbocycles. The fourth-order valence-electron chi connectivity index (χ4n) is 4.02. The number of allylic oxidation sites excluding steroid dienone is 1. The molecular weight excluding hydrogens is 530 g/mol. The van der Waals surface area contributed by atoms with Crippen molar-refractivity contribution >= 4 is 40.8 Å². The third-order valence-electron chi connectivity index (χ3n) is 6.09. The summed E-state index contributed by atoms with van der Waals surface area (Å²) in [6.45, 7) is 1.33. The number of imide groups is 1. The van der Waals surface area contributed by atoms with Crippen LogP contribution in [0.3, 0.4) is 0 Å². The van der Waals surface area contributed by atoms with Crippen molar-refractivity contribution in [3.63, 3.8) is 0 Å². The number of hydrogen-bond donors (Lipinski definition) is 1. The van der Waals surface area contributed by atoms with Gasteiger partial charge in [-0.25, -0.2) is 0 Å². The Morgan fingerprint density at radius 1 is 0.850 bits per heavy atom. The summed E-state index contributed by atoms with van der Waals surface area (Å²) in [7, 11) is 0. The molecule has 0 spiro atoms. The zero-order valence-corrected chi connectivity index (χ0v) is 22.4. The van der Waals surface area contributed by atoms with Gasteiger partial charge in [0, 0.05) is 5.56 Å². The fraction of sp³-hybridized carbons (Fsp3) is 0.194. The third-order valence-corrected chi connectivity index (χ3v) is 6.90. The van der Waals surface area contributed by atoms with Crippen molar-refractivity contribution in [1.29, 1.82) is 0 Å². The van der Waals surface area contributed by atoms with Gasteiger partial charge in [0.25, 0.3) is 11.1 Å². The topological polar surface area (TPSA) is 100 Å². The highest BCUT2D eigenvalue weighted by molar-refractivity contribution is 8.18. The smallest absolute Gasteiger partial charge is 0.290 e. The molecule has 1 saturated heterocycles. The molecule has 0 aliphatic carbocycles. The second-order valence-corrected chi connectivity index (χ2v) is 10.0. The Morgan fingerprint density at radius 3 is 2.38 bits per heavy atom. The average molecular weight is 558 g/mol. The van der Waals surface area contributed by atoms with Crippen molar-refractivity contribution < 1.29 is 33.3 Å². The largest absolute Gasteiger partial charge is 0.494 e. The number of amides is 2. The summed E-state index contributed by atoms with van der Waals surface area (Å²) in [5, 5.41) is 1.89. The minimum absolute atomic E-state index is 0.108. The lowest BCUT2D eigenvalue weighted by Crippen LogP contribution is -2.17. The van der Waals surface area contributed by atoms with Crippen LogP contribution < -0.4 is 24.3 Å². The van der Waals surface area contributed by atoms with Gasteiger partial charge in [-0.1, -0.05) is 36.4 Å². The van der Waals surface area contributed by atoms with Crippen molar-refractivity contribution in [1.82, 2.24) is 5.32 Å². The summed E-state index contributed by atoms with van der Waals surface area (Å²) in [5.41, 5.74) is 2.24. The van der Waals surface area contributed by atoms with E-state index < -0.39 is 0 Å². The van der Waals surface area contributed by atoms with Gasteiger partial charge in [-0.3, -0.25) is 19.7 Å². The first kappa shape index (κ1) is 27.1. The molecule has 2 aliphatic rings. The minimum atomic E-state index is -0.369. The number of ketones is 1. The Labute approximate surface area is 236 Å². The number of benzene rings is 3. The molecule has 0 aromatic heterocycles. The molecule has 3 aromatic rings. The van der Waals surface area contributed by atoms with Gasteiger partial charge in [-0.2, -0.15) is 0 Å². The standard InChI is InChI=1S/C31H27NO7S/c33-26(13-9-21-10-14-27-28(17-21)39-20-38-27)23-5-4-6-25(19-23)37-16-3-1-2-15-36-24-11-7-22(8-12-24)18-29-30(34)32-31(35)40-29/h4-14,17-19H,1-3,15-16,20H2,(H,32,34,35)/b13-9+,29-18+. The maximum absolute atomic E-state index is 12.6. The van der Waals surface area contributed by atoms with Crippen molar-refractivity contribution in [3.8, 4) is 23.0 Å². The van der Waals surface area contributed by atoms with Gasteiger partial charge in [0.15, 0.2) is 17.3 Å². The van der Waals surface area contributed by atoms with Gasteiger partial charge in [0.1, 0.15) is 11.5 Å². The Hall–Kier alpha value is -4.50. The van der Waals surface area contributed by atoms with Crippen LogP contribution in [-0.2, 0) is 4.79 Å². The maximum atomic E-state index is 12.6. The van der Waals surface area contributed by atoms with Gasteiger partial charge in [0.05, 0.1) is 18.1 Å². The van der Waals surface area contributed by atoms with E-state index in [1.165, 1.54) is 6.08 Å². The van der Waals surface area contributed by atoms with Crippen LogP contribution in [0.1, 0.15) is 40.7 Å². The predicted molar refractivity (Wildman–Crippen MR) is 153 cm³/mol. The van der Waals surface area contributed by atoms with Gasteiger partial charge in [0.2, 0.25) is 6.79 Å². The zero-order valence-electron chi connectivity index (χ0n) is 21.6. The first-order valence-corrected chi connectivity index (χ1v) is 13.7. The molecule has 2 heterocycles. The van der Waals surface area contributed by atoms with Crippen LogP contribution in [0.5, 0.6) is 23.0 Å². The van der Waals surface area contributed by atoms with Crippen LogP contribution in [0.15, 0.2) is 77.7 Å². The van der Waals surface area contributed by atoms with Crippen molar-refractivity contribution in [2.75, 3.05) is 20.0 Å². The SMILES string of the molecule is O=C1NC(=O)/C(=C\c2ccc(OCCCCCOc3cccc(C(=O)/C=C/c4ccc5c(c4)OCO5)c3)cc2)S1. The normalized spacial score (nSPS) is 15.1. The number of unbranched alkanes of at least 4 members (excludes halogenated alkanes) is 2. The molecule has 0 unspecified atom stereocenters. The highest BCUT2D eigenvalue weighted by Crippen LogP contribution is 2.33. The molecule has 3 aromatic carbocycles. The quantitative estimate of drug-likeness (QED) is 0.158. The van der Waals surface area contributed by atoms with Gasteiger partial charge in [-0.05, 0) is 90.7 Å². The molecule has 1 N–H and O–H groups in total. The summed E-state index contributed by atoms with van der Waals surface area (Å²) in [6, 6.07) is 20.1. The van der Waals surface area contributed by atoms with Crippen LogP contribution in [-0.4, -0.2) is 36.9 Å². The van der Waals surface area contributed by atoms with E-state index in [1.807, 2.05) is 54.6 Å². The summed E-state index contributed by atoms with van der Waals surface area (Å²) < 4.78 is 22.3. The predicted octanol–water partition coefficient (Wildman–Crippen LogP) is 6.26. The number of hydrogen-bond acceptors (Lipinski definition) is 8. The highest BCUT2D eigenvalue weighted by atomic mass is 32.2. The Bertz CT molecular complexity index is 1460. The summed E-state index contributed by atoms with van der Waals surface area (Å²) >= 11 is 0.896. The molecule has 204 valence electrons. The Morgan fingerprint density at radius 2 is 1.60 bits per heavy atom. The maximum Gasteiger partial charge on any atom is 0.290 e. The van der Waals surface area contributed by atoms with Crippen molar-refractivity contribution in [2.45, 2.75) is 19.3 Å². The van der Waals surface area contributed by atoms with E-state index in [9.17, 15) is 14.4 Å². The minimum Gasteiger partial charge on any atom is -0.494 e. The van der Waals surface area contributed by atoms with E-state index in [0.717, 1.165) is 47.9 Å². The van der Waals surface area contributed by atoms with Gasteiger partial charge >= 0.3 is 0 Å². The summed E-state index contributed by atoms with van der Waals surface area (Å²) in [6.07, 6.45) is 7.63. The lowest BCUT2D eigenvalue weighted by Gasteiger charge is -2.08. The molecule has 5 rings (SSSR count). The number of fused-ring (bicyclic) bond motifs is 1. The Balaban J connectivity index is 0.995. The van der Waals surface area contributed by atoms with E-state index >= 15 is 0 Å².